The van der Waals surface area contributed by atoms with Crippen LogP contribution in [0.3, 0.4) is 0 Å². The van der Waals surface area contributed by atoms with E-state index < -0.39 is 0 Å². The number of likely N-dealkylation sites (tertiary alicyclic amines) is 1. The molecule has 1 amide bonds. The SMILES string of the molecule is COc1ccc(CN2CCC[C@@H](C(=O)Nc3cccc(-n4cccn4)c3)C2)cc1. The summed E-state index contributed by atoms with van der Waals surface area (Å²) in [7, 11) is 1.67. The molecule has 0 aliphatic carbocycles. The Morgan fingerprint density at radius 2 is 2.07 bits per heavy atom. The Hall–Kier alpha value is -3.12. The van der Waals surface area contributed by atoms with Crippen molar-refractivity contribution in [3.8, 4) is 11.4 Å². The number of hydrogen-bond acceptors (Lipinski definition) is 4. The number of carbonyl (C=O) groups is 1. The van der Waals surface area contributed by atoms with Crippen molar-refractivity contribution in [2.24, 2.45) is 5.92 Å². The number of amides is 1. The lowest BCUT2D eigenvalue weighted by atomic mass is 9.96. The van der Waals surface area contributed by atoms with Gasteiger partial charge in [0.25, 0.3) is 0 Å². The topological polar surface area (TPSA) is 59.4 Å². The molecule has 2 heterocycles. The number of methoxy groups -OCH3 is 1. The second-order valence-electron chi connectivity index (χ2n) is 7.41. The number of piperidine rings is 1. The normalized spacial score (nSPS) is 17.1. The van der Waals surface area contributed by atoms with Crippen LogP contribution in [0.2, 0.25) is 0 Å². The van der Waals surface area contributed by atoms with Gasteiger partial charge in [0.15, 0.2) is 0 Å². The largest absolute Gasteiger partial charge is 0.497 e. The van der Waals surface area contributed by atoms with Gasteiger partial charge in [0.2, 0.25) is 5.91 Å². The van der Waals surface area contributed by atoms with Crippen molar-refractivity contribution in [3.63, 3.8) is 0 Å². The third kappa shape index (κ3) is 4.84. The highest BCUT2D eigenvalue weighted by Gasteiger charge is 2.26. The Balaban J connectivity index is 1.36. The van der Waals surface area contributed by atoms with Crippen LogP contribution in [0.15, 0.2) is 67.0 Å². The molecule has 1 N–H and O–H groups in total. The zero-order valence-corrected chi connectivity index (χ0v) is 16.6. The second kappa shape index (κ2) is 8.92. The molecule has 3 aromatic rings. The van der Waals surface area contributed by atoms with Crippen LogP contribution >= 0.6 is 0 Å². The first-order valence-corrected chi connectivity index (χ1v) is 9.97. The number of rotatable bonds is 6. The molecule has 0 spiro atoms. The zero-order valence-electron chi connectivity index (χ0n) is 16.6. The maximum atomic E-state index is 12.9. The first-order valence-electron chi connectivity index (χ1n) is 9.97. The number of benzene rings is 2. The van der Waals surface area contributed by atoms with E-state index in [9.17, 15) is 4.79 Å². The number of aromatic nitrogens is 2. The lowest BCUT2D eigenvalue weighted by Crippen LogP contribution is -2.40. The predicted octanol–water partition coefficient (Wildman–Crippen LogP) is 3.73. The fourth-order valence-corrected chi connectivity index (χ4v) is 3.79. The van der Waals surface area contributed by atoms with Gasteiger partial charge in [-0.3, -0.25) is 9.69 Å². The molecule has 1 atom stereocenters. The number of carbonyl (C=O) groups excluding carboxylic acids is 1. The van der Waals surface area contributed by atoms with Crippen LogP contribution < -0.4 is 10.1 Å². The van der Waals surface area contributed by atoms with E-state index in [1.807, 2.05) is 48.7 Å². The first-order chi connectivity index (χ1) is 14.2. The van der Waals surface area contributed by atoms with Crippen LogP contribution in [-0.2, 0) is 11.3 Å². The fraction of sp³-hybridized carbons (Fsp3) is 0.304. The highest BCUT2D eigenvalue weighted by Crippen LogP contribution is 2.22. The van der Waals surface area contributed by atoms with Gasteiger partial charge in [0.05, 0.1) is 18.7 Å². The van der Waals surface area contributed by atoms with Gasteiger partial charge in [-0.25, -0.2) is 4.68 Å². The van der Waals surface area contributed by atoms with Crippen molar-refractivity contribution in [3.05, 3.63) is 72.6 Å². The van der Waals surface area contributed by atoms with Gasteiger partial charge < -0.3 is 10.1 Å². The molecule has 0 radical (unpaired) electrons. The molecular formula is C23H26N4O2. The van der Waals surface area contributed by atoms with E-state index in [-0.39, 0.29) is 11.8 Å². The van der Waals surface area contributed by atoms with Crippen molar-refractivity contribution >= 4 is 11.6 Å². The minimum absolute atomic E-state index is 0.00430. The summed E-state index contributed by atoms with van der Waals surface area (Å²) in [5.41, 5.74) is 2.96. The number of anilines is 1. The predicted molar refractivity (Wildman–Crippen MR) is 113 cm³/mol. The molecule has 6 heteroatoms. The molecule has 0 saturated carbocycles. The molecule has 0 bridgehead atoms. The summed E-state index contributed by atoms with van der Waals surface area (Å²) in [5, 5.41) is 7.34. The van der Waals surface area contributed by atoms with Crippen LogP contribution in [0, 0.1) is 5.92 Å². The minimum atomic E-state index is -0.00430. The van der Waals surface area contributed by atoms with E-state index in [1.54, 1.807) is 18.0 Å². The Bertz CT molecular complexity index is 938. The summed E-state index contributed by atoms with van der Waals surface area (Å²) in [5.74, 6) is 0.944. The number of nitrogens with one attached hydrogen (secondary N) is 1. The number of hydrogen-bond donors (Lipinski definition) is 1. The smallest absolute Gasteiger partial charge is 0.228 e. The molecule has 29 heavy (non-hydrogen) atoms. The first kappa shape index (κ1) is 19.2. The van der Waals surface area contributed by atoms with Gasteiger partial charge in [-0.2, -0.15) is 5.10 Å². The highest BCUT2D eigenvalue weighted by atomic mass is 16.5. The van der Waals surface area contributed by atoms with E-state index >= 15 is 0 Å². The minimum Gasteiger partial charge on any atom is -0.497 e. The Morgan fingerprint density at radius 1 is 1.21 bits per heavy atom. The number of nitrogens with zero attached hydrogens (tertiary/aromatic N) is 3. The molecule has 1 saturated heterocycles. The van der Waals surface area contributed by atoms with Gasteiger partial charge in [0.1, 0.15) is 5.75 Å². The van der Waals surface area contributed by atoms with Crippen LogP contribution in [0.25, 0.3) is 5.69 Å². The average molecular weight is 390 g/mol. The summed E-state index contributed by atoms with van der Waals surface area (Å²) < 4.78 is 7.01. The van der Waals surface area contributed by atoms with Crippen molar-refractivity contribution in [2.45, 2.75) is 19.4 Å². The third-order valence-corrected chi connectivity index (χ3v) is 5.32. The second-order valence-corrected chi connectivity index (χ2v) is 7.41. The average Bonchev–Trinajstić information content (AvgIpc) is 3.30. The lowest BCUT2D eigenvalue weighted by molar-refractivity contribution is -0.121. The summed E-state index contributed by atoms with van der Waals surface area (Å²) in [4.78, 5) is 15.2. The molecule has 1 aliphatic heterocycles. The van der Waals surface area contributed by atoms with E-state index in [0.29, 0.717) is 0 Å². The van der Waals surface area contributed by atoms with Gasteiger partial charge in [-0.1, -0.05) is 18.2 Å². The van der Waals surface area contributed by atoms with Crippen LogP contribution in [0.4, 0.5) is 5.69 Å². The maximum Gasteiger partial charge on any atom is 0.228 e. The van der Waals surface area contributed by atoms with E-state index in [4.69, 9.17) is 4.74 Å². The highest BCUT2D eigenvalue weighted by molar-refractivity contribution is 5.93. The summed E-state index contributed by atoms with van der Waals surface area (Å²) >= 11 is 0. The van der Waals surface area contributed by atoms with Crippen LogP contribution in [0.5, 0.6) is 5.75 Å². The monoisotopic (exact) mass is 390 g/mol. The third-order valence-electron chi connectivity index (χ3n) is 5.32. The van der Waals surface area contributed by atoms with Gasteiger partial charge >= 0.3 is 0 Å². The van der Waals surface area contributed by atoms with Crippen molar-refractivity contribution in [1.82, 2.24) is 14.7 Å². The summed E-state index contributed by atoms with van der Waals surface area (Å²) in [6, 6.07) is 17.8. The van der Waals surface area contributed by atoms with Crippen molar-refractivity contribution in [1.29, 1.82) is 0 Å². The van der Waals surface area contributed by atoms with Crippen molar-refractivity contribution in [2.75, 3.05) is 25.5 Å². The molecule has 6 nitrogen and oxygen atoms in total. The molecular weight excluding hydrogens is 364 g/mol. The van der Waals surface area contributed by atoms with Crippen molar-refractivity contribution < 1.29 is 9.53 Å². The van der Waals surface area contributed by atoms with E-state index in [0.717, 1.165) is 49.6 Å². The molecule has 1 aliphatic rings. The molecule has 2 aromatic carbocycles. The van der Waals surface area contributed by atoms with E-state index in [2.05, 4.69) is 27.4 Å². The van der Waals surface area contributed by atoms with E-state index in [1.165, 1.54) is 5.56 Å². The quantitative estimate of drug-likeness (QED) is 0.697. The van der Waals surface area contributed by atoms with Gasteiger partial charge in [-0.05, 0) is 61.3 Å². The van der Waals surface area contributed by atoms with Crippen LogP contribution in [0.1, 0.15) is 18.4 Å². The zero-order chi connectivity index (χ0) is 20.1. The Kier molecular flexibility index (Phi) is 5.91. The van der Waals surface area contributed by atoms with Crippen LogP contribution in [-0.4, -0.2) is 40.8 Å². The Labute approximate surface area is 171 Å². The summed E-state index contributed by atoms with van der Waals surface area (Å²) in [6.07, 6.45) is 5.58. The van der Waals surface area contributed by atoms with Gasteiger partial charge in [0, 0.05) is 31.2 Å². The molecule has 1 aromatic heterocycles. The summed E-state index contributed by atoms with van der Waals surface area (Å²) in [6.45, 7) is 2.64. The molecule has 0 unspecified atom stereocenters. The fourth-order valence-electron chi connectivity index (χ4n) is 3.79. The standard InChI is InChI=1S/C23H26N4O2/c1-29-22-10-8-18(9-11-22)16-26-13-3-5-19(17-26)23(28)25-20-6-2-7-21(15-20)27-14-4-12-24-27/h2,4,6-12,14-15,19H,3,5,13,16-17H2,1H3,(H,25,28)/t19-/m1/s1. The maximum absolute atomic E-state index is 12.9. The lowest BCUT2D eigenvalue weighted by Gasteiger charge is -2.32. The number of ether oxygens (including phenoxy) is 1. The Morgan fingerprint density at radius 3 is 2.83 bits per heavy atom. The van der Waals surface area contributed by atoms with Gasteiger partial charge in [-0.15, -0.1) is 0 Å². The molecule has 1 fully saturated rings. The molecule has 150 valence electrons. The molecule has 4 rings (SSSR count).